The van der Waals surface area contributed by atoms with Crippen molar-refractivity contribution in [3.05, 3.63) is 64.9 Å². The fourth-order valence-electron chi connectivity index (χ4n) is 2.46. The van der Waals surface area contributed by atoms with Crippen LogP contribution in [0.1, 0.15) is 9.67 Å². The molecule has 0 spiro atoms. The van der Waals surface area contributed by atoms with E-state index in [1.807, 2.05) is 6.07 Å². The van der Waals surface area contributed by atoms with Crippen molar-refractivity contribution in [2.24, 2.45) is 0 Å². The maximum atomic E-state index is 13.1. The zero-order valence-corrected chi connectivity index (χ0v) is 16.7. The van der Waals surface area contributed by atoms with E-state index in [0.29, 0.717) is 9.90 Å². The molecule has 4 rings (SSSR count). The van der Waals surface area contributed by atoms with Gasteiger partial charge in [-0.15, -0.1) is 22.7 Å². The fourth-order valence-corrected chi connectivity index (χ4v) is 5.08. The number of nitrogens with one attached hydrogen (secondary N) is 1. The number of fused-ring (bicyclic) bond motifs is 1. The van der Waals surface area contributed by atoms with Gasteiger partial charge < -0.3 is 0 Å². The highest BCUT2D eigenvalue weighted by atomic mass is 32.2. The van der Waals surface area contributed by atoms with Crippen LogP contribution in [0, 0.1) is 5.82 Å². The second-order valence-electron chi connectivity index (χ2n) is 5.65. The summed E-state index contributed by atoms with van der Waals surface area (Å²) in [6.07, 6.45) is 1.44. The first kappa shape index (κ1) is 18.7. The summed E-state index contributed by atoms with van der Waals surface area (Å²) in [6.45, 7) is 0. The Kier molecular flexibility index (Phi) is 5.47. The Morgan fingerprint density at radius 3 is 2.71 bits per heavy atom. The molecule has 140 valence electrons. The van der Waals surface area contributed by atoms with E-state index in [2.05, 4.69) is 15.3 Å². The molecule has 0 unspecified atom stereocenters. The van der Waals surface area contributed by atoms with Gasteiger partial charge in [0.05, 0.1) is 20.8 Å². The minimum absolute atomic E-state index is 0.0625. The number of benzene rings is 1. The average Bonchev–Trinajstić information content (AvgIpc) is 3.37. The smallest absolute Gasteiger partial charge is 0.267 e. The zero-order chi connectivity index (χ0) is 19.5. The number of halogens is 1. The van der Waals surface area contributed by atoms with Crippen LogP contribution in [0.5, 0.6) is 0 Å². The van der Waals surface area contributed by atoms with E-state index in [1.54, 1.807) is 29.6 Å². The molecule has 1 aromatic carbocycles. The Hall–Kier alpha value is -2.62. The normalized spacial score (nSPS) is 10.9. The summed E-state index contributed by atoms with van der Waals surface area (Å²) in [5.41, 5.74) is 1.65. The first-order valence-electron chi connectivity index (χ1n) is 8.11. The summed E-state index contributed by atoms with van der Waals surface area (Å²) in [6, 6.07) is 11.6. The second kappa shape index (κ2) is 8.17. The predicted molar refractivity (Wildman–Crippen MR) is 110 cm³/mol. The highest BCUT2D eigenvalue weighted by molar-refractivity contribution is 8.00. The van der Waals surface area contributed by atoms with Gasteiger partial charge in [-0.3, -0.25) is 14.9 Å². The molecule has 3 heterocycles. The van der Waals surface area contributed by atoms with Crippen molar-refractivity contribution in [3.63, 3.8) is 0 Å². The van der Waals surface area contributed by atoms with Crippen molar-refractivity contribution in [1.29, 1.82) is 0 Å². The van der Waals surface area contributed by atoms with Gasteiger partial charge in [0.2, 0.25) is 5.91 Å². The van der Waals surface area contributed by atoms with Crippen LogP contribution < -0.4 is 5.32 Å². The van der Waals surface area contributed by atoms with Crippen LogP contribution in [0.15, 0.2) is 59.2 Å². The third-order valence-electron chi connectivity index (χ3n) is 3.75. The molecule has 5 nitrogen and oxygen atoms in total. The van der Waals surface area contributed by atoms with Crippen molar-refractivity contribution in [2.75, 3.05) is 5.75 Å². The van der Waals surface area contributed by atoms with Crippen LogP contribution in [-0.2, 0) is 4.79 Å². The van der Waals surface area contributed by atoms with E-state index in [0.717, 1.165) is 20.7 Å². The largest absolute Gasteiger partial charge is 0.291 e. The number of carbonyl (C=O) groups is 2. The van der Waals surface area contributed by atoms with Crippen molar-refractivity contribution >= 4 is 56.5 Å². The number of hydrogen-bond acceptors (Lipinski definition) is 7. The van der Waals surface area contributed by atoms with Crippen molar-refractivity contribution < 1.29 is 14.0 Å². The quantitative estimate of drug-likeness (QED) is 0.371. The van der Waals surface area contributed by atoms with Gasteiger partial charge >= 0.3 is 0 Å². The molecule has 0 radical (unpaired) electrons. The third kappa shape index (κ3) is 4.11. The molecular weight excluding hydrogens is 417 g/mol. The molecule has 0 atom stereocenters. The van der Waals surface area contributed by atoms with Crippen LogP contribution in [0.3, 0.4) is 0 Å². The predicted octanol–water partition coefficient (Wildman–Crippen LogP) is 4.61. The van der Waals surface area contributed by atoms with Crippen LogP contribution in [0.25, 0.3) is 20.7 Å². The Labute approximate surface area is 171 Å². The Balaban J connectivity index is 1.48. The molecule has 1 N–H and O–H groups in total. The maximum absolute atomic E-state index is 13.1. The Morgan fingerprint density at radius 1 is 1.14 bits per heavy atom. The Bertz CT molecular complexity index is 1140. The number of thiophene rings is 2. The molecule has 0 aliphatic carbocycles. The molecule has 0 bridgehead atoms. The van der Waals surface area contributed by atoms with Crippen LogP contribution in [0.4, 0.5) is 4.39 Å². The summed E-state index contributed by atoms with van der Waals surface area (Å²) in [5.74, 6) is -1.01. The van der Waals surface area contributed by atoms with E-state index in [-0.39, 0.29) is 17.5 Å². The molecular formula is C19H12FN3O2S3. The van der Waals surface area contributed by atoms with E-state index in [9.17, 15) is 14.0 Å². The lowest BCUT2D eigenvalue weighted by atomic mass is 10.2. The molecule has 0 fully saturated rings. The van der Waals surface area contributed by atoms with Crippen molar-refractivity contribution in [2.45, 2.75) is 5.03 Å². The molecule has 0 saturated heterocycles. The van der Waals surface area contributed by atoms with Crippen LogP contribution in [-0.4, -0.2) is 27.5 Å². The number of amides is 2. The van der Waals surface area contributed by atoms with Crippen molar-refractivity contribution in [1.82, 2.24) is 15.3 Å². The topological polar surface area (TPSA) is 72.0 Å². The SMILES string of the molecule is O=C(CSc1ncnc2cc(-c3ccc(F)cc3)sc12)NC(=O)c1cccs1. The molecule has 3 aromatic heterocycles. The van der Waals surface area contributed by atoms with Gasteiger partial charge in [-0.1, -0.05) is 30.0 Å². The number of imide groups is 1. The van der Waals surface area contributed by atoms with Crippen LogP contribution >= 0.6 is 34.4 Å². The summed E-state index contributed by atoms with van der Waals surface area (Å²) < 4.78 is 14.0. The van der Waals surface area contributed by atoms with Gasteiger partial charge in [0, 0.05) is 4.88 Å². The van der Waals surface area contributed by atoms with Gasteiger partial charge in [0.15, 0.2) is 0 Å². The van der Waals surface area contributed by atoms with Gasteiger partial charge in [-0.2, -0.15) is 0 Å². The van der Waals surface area contributed by atoms with E-state index < -0.39 is 5.91 Å². The summed E-state index contributed by atoms with van der Waals surface area (Å²) in [7, 11) is 0. The molecule has 2 amide bonds. The molecule has 4 aromatic rings. The molecule has 0 saturated carbocycles. The minimum Gasteiger partial charge on any atom is -0.291 e. The fraction of sp³-hybridized carbons (Fsp3) is 0.0526. The summed E-state index contributed by atoms with van der Waals surface area (Å²) in [4.78, 5) is 34.0. The average molecular weight is 430 g/mol. The highest BCUT2D eigenvalue weighted by Crippen LogP contribution is 2.36. The lowest BCUT2D eigenvalue weighted by Gasteiger charge is -2.03. The van der Waals surface area contributed by atoms with Gasteiger partial charge in [0.1, 0.15) is 17.2 Å². The molecule has 9 heteroatoms. The number of carbonyl (C=O) groups excluding carboxylic acids is 2. The van der Waals surface area contributed by atoms with Gasteiger partial charge in [-0.05, 0) is 35.2 Å². The third-order valence-corrected chi connectivity index (χ3v) is 6.91. The number of aromatic nitrogens is 2. The highest BCUT2D eigenvalue weighted by Gasteiger charge is 2.15. The number of hydrogen-bond donors (Lipinski definition) is 1. The first-order valence-corrected chi connectivity index (χ1v) is 10.8. The zero-order valence-electron chi connectivity index (χ0n) is 14.2. The summed E-state index contributed by atoms with van der Waals surface area (Å²) >= 11 is 4.01. The number of nitrogens with zero attached hydrogens (tertiary/aromatic N) is 2. The van der Waals surface area contributed by atoms with Gasteiger partial charge in [-0.25, -0.2) is 14.4 Å². The minimum atomic E-state index is -0.400. The van der Waals surface area contributed by atoms with E-state index >= 15 is 0 Å². The monoisotopic (exact) mass is 429 g/mol. The lowest BCUT2D eigenvalue weighted by molar-refractivity contribution is -0.117. The molecule has 28 heavy (non-hydrogen) atoms. The standard InChI is InChI=1S/C19H12FN3O2S3/c20-12-5-3-11(4-6-12)15-8-13-17(28-15)19(22-10-21-13)27-9-16(24)23-18(25)14-2-1-7-26-14/h1-8,10H,9H2,(H,23,24,25). The number of rotatable bonds is 5. The lowest BCUT2D eigenvalue weighted by Crippen LogP contribution is -2.31. The van der Waals surface area contributed by atoms with E-state index in [1.165, 1.54) is 52.9 Å². The Morgan fingerprint density at radius 2 is 1.96 bits per heavy atom. The van der Waals surface area contributed by atoms with Crippen molar-refractivity contribution in [3.8, 4) is 10.4 Å². The molecule has 0 aliphatic heterocycles. The van der Waals surface area contributed by atoms with Gasteiger partial charge in [0.25, 0.3) is 5.91 Å². The molecule has 0 aliphatic rings. The second-order valence-corrected chi connectivity index (χ2v) is 8.62. The number of thioether (sulfide) groups is 1. The first-order chi connectivity index (χ1) is 13.6. The van der Waals surface area contributed by atoms with E-state index in [4.69, 9.17) is 0 Å². The summed E-state index contributed by atoms with van der Waals surface area (Å²) in [5, 5.41) is 4.82. The van der Waals surface area contributed by atoms with Crippen LogP contribution in [0.2, 0.25) is 0 Å². The maximum Gasteiger partial charge on any atom is 0.267 e.